The molecule has 49 heavy (non-hydrogen) atoms. The highest BCUT2D eigenvalue weighted by molar-refractivity contribution is 6.18. The number of benzene rings is 8. The molecule has 0 unspecified atom stereocenters. The van der Waals surface area contributed by atoms with Crippen molar-refractivity contribution in [3.8, 4) is 45.3 Å². The molecular weight excluding hydrogens is 599 g/mol. The van der Waals surface area contributed by atoms with E-state index in [1.165, 1.54) is 5.39 Å². The molecule has 0 saturated heterocycles. The zero-order chi connectivity index (χ0) is 32.3. The molecule has 4 heteroatoms. The number of hydrogen-bond acceptors (Lipinski definition) is 4. The van der Waals surface area contributed by atoms with Crippen LogP contribution in [0.2, 0.25) is 0 Å². The highest BCUT2D eigenvalue weighted by Gasteiger charge is 2.21. The predicted octanol–water partition coefficient (Wildman–Crippen LogP) is 11.9. The summed E-state index contributed by atoms with van der Waals surface area (Å²) in [6, 6.07) is 56.9. The summed E-state index contributed by atoms with van der Waals surface area (Å²) in [4.78, 5) is 15.6. The lowest BCUT2D eigenvalue weighted by atomic mass is 9.97. The summed E-state index contributed by atoms with van der Waals surface area (Å²) >= 11 is 0. The van der Waals surface area contributed by atoms with Gasteiger partial charge in [-0.3, -0.25) is 0 Å². The smallest absolute Gasteiger partial charge is 0.164 e. The minimum absolute atomic E-state index is 0.599. The number of nitrogens with zero attached hydrogens (tertiary/aromatic N) is 3. The van der Waals surface area contributed by atoms with Crippen LogP contribution in [0.1, 0.15) is 0 Å². The quantitative estimate of drug-likeness (QED) is 0.195. The van der Waals surface area contributed by atoms with Crippen molar-refractivity contribution in [3.63, 3.8) is 0 Å². The molecule has 0 spiro atoms. The molecule has 0 N–H and O–H groups in total. The van der Waals surface area contributed by atoms with Crippen LogP contribution in [-0.2, 0) is 0 Å². The Labute approximate surface area is 282 Å². The Morgan fingerprint density at radius 3 is 1.78 bits per heavy atom. The molecule has 0 aliphatic rings. The number of hydrogen-bond donors (Lipinski definition) is 0. The molecule has 0 amide bonds. The summed E-state index contributed by atoms with van der Waals surface area (Å²) in [5.41, 5.74) is 6.55. The van der Waals surface area contributed by atoms with E-state index in [4.69, 9.17) is 19.4 Å². The molecule has 0 fully saturated rings. The van der Waals surface area contributed by atoms with Gasteiger partial charge in [-0.25, -0.2) is 15.0 Å². The van der Waals surface area contributed by atoms with Crippen LogP contribution in [0, 0.1) is 0 Å². The molecule has 0 atom stereocenters. The molecule has 8 aromatic carbocycles. The number of furan rings is 1. The van der Waals surface area contributed by atoms with Gasteiger partial charge in [0.15, 0.2) is 17.5 Å². The summed E-state index contributed by atoms with van der Waals surface area (Å²) in [5.74, 6) is 1.85. The molecule has 2 aromatic heterocycles. The van der Waals surface area contributed by atoms with Crippen molar-refractivity contribution in [1.29, 1.82) is 0 Å². The van der Waals surface area contributed by atoms with E-state index in [0.29, 0.717) is 17.5 Å². The fourth-order valence-corrected chi connectivity index (χ4v) is 7.09. The van der Waals surface area contributed by atoms with Gasteiger partial charge in [0.25, 0.3) is 0 Å². The average molecular weight is 626 g/mol. The van der Waals surface area contributed by atoms with Crippen LogP contribution in [0.3, 0.4) is 0 Å². The second-order valence-corrected chi connectivity index (χ2v) is 12.4. The Morgan fingerprint density at radius 1 is 0.347 bits per heavy atom. The maximum atomic E-state index is 6.77. The van der Waals surface area contributed by atoms with Crippen molar-refractivity contribution < 1.29 is 4.42 Å². The Bertz CT molecular complexity index is 2890. The maximum Gasteiger partial charge on any atom is 0.164 e. The van der Waals surface area contributed by atoms with Gasteiger partial charge in [0.05, 0.1) is 0 Å². The summed E-state index contributed by atoms with van der Waals surface area (Å²) in [5, 5.41) is 8.84. The largest absolute Gasteiger partial charge is 0.455 e. The summed E-state index contributed by atoms with van der Waals surface area (Å²) in [6.45, 7) is 0. The molecule has 10 aromatic rings. The Balaban J connectivity index is 1.29. The second kappa shape index (κ2) is 11.0. The Kier molecular flexibility index (Phi) is 6.15. The Morgan fingerprint density at radius 2 is 0.959 bits per heavy atom. The number of rotatable bonds is 4. The lowest BCUT2D eigenvalue weighted by Crippen LogP contribution is -2.01. The molecular formula is C45H27N3O. The fourth-order valence-electron chi connectivity index (χ4n) is 7.09. The molecule has 0 aliphatic carbocycles. The van der Waals surface area contributed by atoms with Gasteiger partial charge in [-0.15, -0.1) is 0 Å². The van der Waals surface area contributed by atoms with Crippen molar-refractivity contribution in [2.75, 3.05) is 0 Å². The van der Waals surface area contributed by atoms with E-state index in [9.17, 15) is 0 Å². The van der Waals surface area contributed by atoms with E-state index in [0.717, 1.165) is 76.7 Å². The van der Waals surface area contributed by atoms with E-state index < -0.39 is 0 Å². The monoisotopic (exact) mass is 625 g/mol. The number of aromatic nitrogens is 3. The molecule has 228 valence electrons. The van der Waals surface area contributed by atoms with Crippen LogP contribution < -0.4 is 0 Å². The summed E-state index contributed by atoms with van der Waals surface area (Å²) in [7, 11) is 0. The standard InChI is InChI=1S/C45H27N3O/c1-2-12-30(13-3-1)36-23-24-38(41-39-26-32-16-6-7-17-33(32)27-40(39)49-42(36)41)45-47-43(34-22-21-28-11-4-5-15-31(28)25-34)46-44(48-45)37-20-10-18-29-14-8-9-19-35(29)37/h1-27H. The number of fused-ring (bicyclic) bond motifs is 6. The predicted molar refractivity (Wildman–Crippen MR) is 201 cm³/mol. The normalized spacial score (nSPS) is 11.7. The third-order valence-electron chi connectivity index (χ3n) is 9.49. The van der Waals surface area contributed by atoms with Gasteiger partial charge in [-0.05, 0) is 68.2 Å². The zero-order valence-electron chi connectivity index (χ0n) is 26.3. The minimum atomic E-state index is 0.599. The first-order valence-corrected chi connectivity index (χ1v) is 16.4. The Hall–Kier alpha value is -6.65. The van der Waals surface area contributed by atoms with Gasteiger partial charge in [0.2, 0.25) is 0 Å². The summed E-state index contributed by atoms with van der Waals surface area (Å²) < 4.78 is 6.77. The van der Waals surface area contributed by atoms with Crippen LogP contribution >= 0.6 is 0 Å². The van der Waals surface area contributed by atoms with Crippen molar-refractivity contribution >= 4 is 54.3 Å². The van der Waals surface area contributed by atoms with Crippen LogP contribution in [0.4, 0.5) is 0 Å². The first-order chi connectivity index (χ1) is 24.3. The maximum absolute atomic E-state index is 6.77. The van der Waals surface area contributed by atoms with Crippen molar-refractivity contribution in [3.05, 3.63) is 164 Å². The van der Waals surface area contributed by atoms with Crippen LogP contribution in [0.5, 0.6) is 0 Å². The molecule has 10 rings (SSSR count). The van der Waals surface area contributed by atoms with E-state index in [2.05, 4.69) is 158 Å². The summed E-state index contributed by atoms with van der Waals surface area (Å²) in [6.07, 6.45) is 0. The molecule has 0 bridgehead atoms. The molecule has 0 aliphatic heterocycles. The van der Waals surface area contributed by atoms with Gasteiger partial charge >= 0.3 is 0 Å². The highest BCUT2D eigenvalue weighted by atomic mass is 16.3. The van der Waals surface area contributed by atoms with Gasteiger partial charge in [-0.2, -0.15) is 0 Å². The van der Waals surface area contributed by atoms with E-state index in [1.807, 2.05) is 6.07 Å². The molecule has 4 nitrogen and oxygen atoms in total. The first-order valence-electron chi connectivity index (χ1n) is 16.4. The van der Waals surface area contributed by atoms with Crippen molar-refractivity contribution in [2.45, 2.75) is 0 Å². The van der Waals surface area contributed by atoms with E-state index in [1.54, 1.807) is 0 Å². The van der Waals surface area contributed by atoms with E-state index >= 15 is 0 Å². The van der Waals surface area contributed by atoms with Crippen molar-refractivity contribution in [2.24, 2.45) is 0 Å². The van der Waals surface area contributed by atoms with E-state index in [-0.39, 0.29) is 0 Å². The van der Waals surface area contributed by atoms with Gasteiger partial charge in [0, 0.05) is 33.0 Å². The topological polar surface area (TPSA) is 51.8 Å². The molecule has 0 saturated carbocycles. The van der Waals surface area contributed by atoms with Gasteiger partial charge in [-0.1, -0.05) is 133 Å². The highest BCUT2D eigenvalue weighted by Crippen LogP contribution is 2.43. The second-order valence-electron chi connectivity index (χ2n) is 12.4. The van der Waals surface area contributed by atoms with Gasteiger partial charge < -0.3 is 4.42 Å². The van der Waals surface area contributed by atoms with Crippen LogP contribution in [-0.4, -0.2) is 15.0 Å². The third kappa shape index (κ3) is 4.57. The van der Waals surface area contributed by atoms with Crippen LogP contribution in [0.15, 0.2) is 168 Å². The minimum Gasteiger partial charge on any atom is -0.455 e. The third-order valence-corrected chi connectivity index (χ3v) is 9.49. The average Bonchev–Trinajstić information content (AvgIpc) is 3.54. The van der Waals surface area contributed by atoms with Crippen molar-refractivity contribution in [1.82, 2.24) is 15.0 Å². The molecule has 0 radical (unpaired) electrons. The zero-order valence-corrected chi connectivity index (χ0v) is 26.3. The fraction of sp³-hybridized carbons (Fsp3) is 0. The lowest BCUT2D eigenvalue weighted by molar-refractivity contribution is 0.670. The molecule has 2 heterocycles. The first kappa shape index (κ1) is 27.5. The lowest BCUT2D eigenvalue weighted by Gasteiger charge is -2.12. The van der Waals surface area contributed by atoms with Gasteiger partial charge in [0.1, 0.15) is 11.2 Å². The van der Waals surface area contributed by atoms with Crippen LogP contribution in [0.25, 0.3) is 99.5 Å². The SMILES string of the molecule is c1ccc(-c2ccc(-c3nc(-c4ccc5ccccc5c4)nc(-c4cccc5ccccc45)n3)c3c2oc2cc4ccccc4cc23)cc1.